The molecule has 1 N–H and O–H groups in total. The first-order valence-corrected chi connectivity index (χ1v) is 6.16. The van der Waals surface area contributed by atoms with Gasteiger partial charge in [0.2, 0.25) is 0 Å². The Morgan fingerprint density at radius 3 is 3.22 bits per heavy atom. The highest BCUT2D eigenvalue weighted by Crippen LogP contribution is 2.17. The monoisotopic (exact) mass is 249 g/mol. The second-order valence-electron chi connectivity index (χ2n) is 4.65. The van der Waals surface area contributed by atoms with Gasteiger partial charge in [-0.05, 0) is 18.2 Å². The topological polar surface area (TPSA) is 39.1 Å². The number of imidazole rings is 1. The highest BCUT2D eigenvalue weighted by molar-refractivity contribution is 5.75. The summed E-state index contributed by atoms with van der Waals surface area (Å²) in [5.41, 5.74) is 1.67. The van der Waals surface area contributed by atoms with Crippen molar-refractivity contribution < 1.29 is 9.13 Å². The van der Waals surface area contributed by atoms with Crippen molar-refractivity contribution in [2.45, 2.75) is 12.5 Å². The Morgan fingerprint density at radius 2 is 2.44 bits per heavy atom. The third-order valence-corrected chi connectivity index (χ3v) is 3.36. The van der Waals surface area contributed by atoms with E-state index in [0.717, 1.165) is 36.4 Å². The van der Waals surface area contributed by atoms with E-state index < -0.39 is 0 Å². The fourth-order valence-electron chi connectivity index (χ4n) is 2.37. The molecule has 1 aromatic carbocycles. The molecule has 2 aromatic rings. The highest BCUT2D eigenvalue weighted by atomic mass is 19.1. The van der Waals surface area contributed by atoms with Crippen LogP contribution in [0.2, 0.25) is 0 Å². The standard InChI is InChI=1S/C13H16FN3O/c1-17-12-6-9(14)2-3-11(12)16-13(17)7-10-8-18-5-4-15-10/h2-3,6,10,15H,4-5,7-8H2,1H3. The molecule has 2 heterocycles. The first-order valence-electron chi connectivity index (χ1n) is 6.16. The van der Waals surface area contributed by atoms with Crippen LogP contribution in [0.4, 0.5) is 4.39 Å². The lowest BCUT2D eigenvalue weighted by atomic mass is 10.2. The maximum Gasteiger partial charge on any atom is 0.125 e. The number of aromatic nitrogens is 2. The summed E-state index contributed by atoms with van der Waals surface area (Å²) in [4.78, 5) is 4.55. The first kappa shape index (κ1) is 11.6. The van der Waals surface area contributed by atoms with Crippen LogP contribution in [0.25, 0.3) is 11.0 Å². The first-order chi connectivity index (χ1) is 8.74. The number of halogens is 1. The summed E-state index contributed by atoms with van der Waals surface area (Å²) in [5, 5.41) is 3.40. The van der Waals surface area contributed by atoms with Crippen molar-refractivity contribution in [3.8, 4) is 0 Å². The van der Waals surface area contributed by atoms with E-state index >= 15 is 0 Å². The number of fused-ring (bicyclic) bond motifs is 1. The molecule has 1 aliphatic heterocycles. The lowest BCUT2D eigenvalue weighted by Gasteiger charge is -2.23. The maximum atomic E-state index is 13.2. The second-order valence-corrected chi connectivity index (χ2v) is 4.65. The molecule has 96 valence electrons. The SMILES string of the molecule is Cn1c(CC2COCCN2)nc2ccc(F)cc21. The number of morpholine rings is 1. The summed E-state index contributed by atoms with van der Waals surface area (Å²) in [6.45, 7) is 2.35. The number of nitrogens with zero attached hydrogens (tertiary/aromatic N) is 2. The van der Waals surface area contributed by atoms with Gasteiger partial charge in [0.15, 0.2) is 0 Å². The molecule has 0 bridgehead atoms. The molecule has 5 heteroatoms. The molecule has 1 atom stereocenters. The van der Waals surface area contributed by atoms with E-state index in [1.807, 2.05) is 11.6 Å². The Bertz CT molecular complexity index is 561. The molecule has 18 heavy (non-hydrogen) atoms. The molecule has 1 saturated heterocycles. The molecular formula is C13H16FN3O. The highest BCUT2D eigenvalue weighted by Gasteiger charge is 2.17. The van der Waals surface area contributed by atoms with Crippen molar-refractivity contribution in [1.29, 1.82) is 0 Å². The number of nitrogens with one attached hydrogen (secondary N) is 1. The maximum absolute atomic E-state index is 13.2. The Morgan fingerprint density at radius 1 is 1.56 bits per heavy atom. The van der Waals surface area contributed by atoms with Gasteiger partial charge in [-0.25, -0.2) is 9.37 Å². The number of hydrogen-bond acceptors (Lipinski definition) is 3. The molecule has 4 nitrogen and oxygen atoms in total. The van der Waals surface area contributed by atoms with E-state index in [4.69, 9.17) is 4.74 Å². The van der Waals surface area contributed by atoms with Gasteiger partial charge < -0.3 is 14.6 Å². The van der Waals surface area contributed by atoms with Gasteiger partial charge in [0.1, 0.15) is 11.6 Å². The second kappa shape index (κ2) is 4.66. The van der Waals surface area contributed by atoms with Gasteiger partial charge in [-0.1, -0.05) is 0 Å². The van der Waals surface area contributed by atoms with Crippen molar-refractivity contribution in [1.82, 2.24) is 14.9 Å². The summed E-state index contributed by atoms with van der Waals surface area (Å²) >= 11 is 0. The molecule has 0 spiro atoms. The van der Waals surface area contributed by atoms with Crippen molar-refractivity contribution >= 4 is 11.0 Å². The molecule has 3 rings (SSSR count). The molecule has 1 aromatic heterocycles. The molecule has 0 amide bonds. The zero-order valence-corrected chi connectivity index (χ0v) is 10.3. The van der Waals surface area contributed by atoms with E-state index in [2.05, 4.69) is 10.3 Å². The van der Waals surface area contributed by atoms with Gasteiger partial charge in [-0.2, -0.15) is 0 Å². The van der Waals surface area contributed by atoms with Gasteiger partial charge >= 0.3 is 0 Å². The zero-order valence-electron chi connectivity index (χ0n) is 10.3. The quantitative estimate of drug-likeness (QED) is 0.870. The number of rotatable bonds is 2. The molecule has 1 unspecified atom stereocenters. The van der Waals surface area contributed by atoms with Crippen LogP contribution in [0.15, 0.2) is 18.2 Å². The normalized spacial score (nSPS) is 20.4. The van der Waals surface area contributed by atoms with E-state index in [-0.39, 0.29) is 5.82 Å². The Balaban J connectivity index is 1.89. The van der Waals surface area contributed by atoms with Gasteiger partial charge in [-0.3, -0.25) is 0 Å². The Labute approximate surface area is 105 Å². The summed E-state index contributed by atoms with van der Waals surface area (Å²) in [6, 6.07) is 4.98. The fourth-order valence-corrected chi connectivity index (χ4v) is 2.37. The van der Waals surface area contributed by atoms with Crippen LogP contribution in [0.3, 0.4) is 0 Å². The van der Waals surface area contributed by atoms with Crippen LogP contribution in [-0.2, 0) is 18.2 Å². The largest absolute Gasteiger partial charge is 0.379 e. The minimum Gasteiger partial charge on any atom is -0.379 e. The fraction of sp³-hybridized carbons (Fsp3) is 0.462. The van der Waals surface area contributed by atoms with Crippen LogP contribution in [-0.4, -0.2) is 35.4 Å². The molecular weight excluding hydrogens is 233 g/mol. The third kappa shape index (κ3) is 2.11. The van der Waals surface area contributed by atoms with Crippen molar-refractivity contribution in [3.05, 3.63) is 29.8 Å². The van der Waals surface area contributed by atoms with Crippen molar-refractivity contribution in [3.63, 3.8) is 0 Å². The summed E-state index contributed by atoms with van der Waals surface area (Å²) < 4.78 is 20.6. The van der Waals surface area contributed by atoms with E-state index in [1.165, 1.54) is 12.1 Å². The van der Waals surface area contributed by atoms with E-state index in [9.17, 15) is 4.39 Å². The van der Waals surface area contributed by atoms with Gasteiger partial charge in [0, 0.05) is 26.1 Å². The lowest BCUT2D eigenvalue weighted by molar-refractivity contribution is 0.0762. The minimum absolute atomic E-state index is 0.226. The van der Waals surface area contributed by atoms with Gasteiger partial charge in [-0.15, -0.1) is 0 Å². The summed E-state index contributed by atoms with van der Waals surface area (Å²) in [6.07, 6.45) is 0.798. The average molecular weight is 249 g/mol. The van der Waals surface area contributed by atoms with Gasteiger partial charge in [0.25, 0.3) is 0 Å². The zero-order chi connectivity index (χ0) is 12.5. The van der Waals surface area contributed by atoms with Gasteiger partial charge in [0.05, 0.1) is 24.2 Å². The predicted molar refractivity (Wildman–Crippen MR) is 67.0 cm³/mol. The number of ether oxygens (including phenoxy) is 1. The number of benzene rings is 1. The van der Waals surface area contributed by atoms with Crippen LogP contribution in [0, 0.1) is 5.82 Å². The van der Waals surface area contributed by atoms with Crippen LogP contribution >= 0.6 is 0 Å². The molecule has 1 fully saturated rings. The smallest absolute Gasteiger partial charge is 0.125 e. The summed E-state index contributed by atoms with van der Waals surface area (Å²) in [5.74, 6) is 0.731. The van der Waals surface area contributed by atoms with Crippen molar-refractivity contribution in [2.24, 2.45) is 7.05 Å². The number of hydrogen-bond donors (Lipinski definition) is 1. The average Bonchev–Trinajstić information content (AvgIpc) is 2.68. The molecule has 0 radical (unpaired) electrons. The Kier molecular flexibility index (Phi) is 3.01. The summed E-state index contributed by atoms with van der Waals surface area (Å²) in [7, 11) is 1.92. The molecule has 1 aliphatic rings. The van der Waals surface area contributed by atoms with Crippen LogP contribution in [0.1, 0.15) is 5.82 Å². The van der Waals surface area contributed by atoms with Crippen LogP contribution in [0.5, 0.6) is 0 Å². The molecule has 0 saturated carbocycles. The Hall–Kier alpha value is -1.46. The predicted octanol–water partition coefficient (Wildman–Crippen LogP) is 1.24. The number of aryl methyl sites for hydroxylation is 1. The van der Waals surface area contributed by atoms with Crippen molar-refractivity contribution in [2.75, 3.05) is 19.8 Å². The van der Waals surface area contributed by atoms with E-state index in [0.29, 0.717) is 12.6 Å². The lowest BCUT2D eigenvalue weighted by Crippen LogP contribution is -2.42. The van der Waals surface area contributed by atoms with Crippen LogP contribution < -0.4 is 5.32 Å². The molecule has 0 aliphatic carbocycles. The van der Waals surface area contributed by atoms with E-state index in [1.54, 1.807) is 6.07 Å². The minimum atomic E-state index is -0.226. The third-order valence-electron chi connectivity index (χ3n) is 3.36.